The number of anilines is 1. The molecule has 27 heavy (non-hydrogen) atoms. The zero-order valence-corrected chi connectivity index (χ0v) is 18.2. The van der Waals surface area contributed by atoms with Crippen LogP contribution in [-0.4, -0.2) is 26.8 Å². The number of rotatable bonds is 7. The van der Waals surface area contributed by atoms with Gasteiger partial charge in [-0.3, -0.25) is 9.89 Å². The third-order valence-corrected chi connectivity index (χ3v) is 6.91. The number of nitrogens with one attached hydrogen (secondary N) is 2. The molecule has 1 aromatic heterocycles. The molecule has 3 rings (SSSR count). The number of aromatic nitrogens is 3. The lowest BCUT2D eigenvalue weighted by atomic mass is 10.0. The van der Waals surface area contributed by atoms with Gasteiger partial charge < -0.3 is 5.32 Å². The van der Waals surface area contributed by atoms with E-state index < -0.39 is 0 Å². The highest BCUT2D eigenvalue weighted by Crippen LogP contribution is 2.41. The van der Waals surface area contributed by atoms with Crippen molar-refractivity contribution in [3.63, 3.8) is 0 Å². The number of aryl methyl sites for hydroxylation is 1. The van der Waals surface area contributed by atoms with E-state index in [9.17, 15) is 4.79 Å². The zero-order valence-electron chi connectivity index (χ0n) is 14.3. The third-order valence-electron chi connectivity index (χ3n) is 4.48. The predicted molar refractivity (Wildman–Crippen MR) is 112 cm³/mol. The zero-order chi connectivity index (χ0) is 19.4. The summed E-state index contributed by atoms with van der Waals surface area (Å²) >= 11 is 25.4. The summed E-state index contributed by atoms with van der Waals surface area (Å²) in [5, 5.41) is 11.0. The molecule has 1 aromatic carbocycles. The van der Waals surface area contributed by atoms with Crippen LogP contribution in [0.3, 0.4) is 0 Å². The minimum Gasteiger partial charge on any atom is -0.323 e. The lowest BCUT2D eigenvalue weighted by Gasteiger charge is -2.11. The molecule has 146 valence electrons. The number of H-pyrrole nitrogens is 1. The topological polar surface area (TPSA) is 70.7 Å². The van der Waals surface area contributed by atoms with Crippen molar-refractivity contribution in [1.82, 2.24) is 15.2 Å². The first kappa shape index (κ1) is 21.1. The molecule has 0 atom stereocenters. The van der Waals surface area contributed by atoms with Crippen LogP contribution in [0.4, 0.5) is 5.69 Å². The van der Waals surface area contributed by atoms with Gasteiger partial charge in [-0.2, -0.15) is 0 Å². The van der Waals surface area contributed by atoms with Crippen molar-refractivity contribution in [3.8, 4) is 0 Å². The molecule has 0 saturated heterocycles. The number of nitrogens with zero attached hydrogens (tertiary/aromatic N) is 2. The van der Waals surface area contributed by atoms with Crippen molar-refractivity contribution < 1.29 is 4.79 Å². The van der Waals surface area contributed by atoms with Gasteiger partial charge in [0.1, 0.15) is 5.82 Å². The van der Waals surface area contributed by atoms with Gasteiger partial charge in [-0.1, -0.05) is 83.8 Å². The highest BCUT2D eigenvalue weighted by atomic mass is 35.5. The number of benzene rings is 1. The van der Waals surface area contributed by atoms with Crippen LogP contribution < -0.4 is 5.32 Å². The molecule has 0 aliphatic heterocycles. The molecule has 1 saturated carbocycles. The Bertz CT molecular complexity index is 797. The molecule has 0 radical (unpaired) electrons. The van der Waals surface area contributed by atoms with Gasteiger partial charge in [-0.25, -0.2) is 4.98 Å². The van der Waals surface area contributed by atoms with E-state index in [-0.39, 0.29) is 37.4 Å². The van der Waals surface area contributed by atoms with Gasteiger partial charge in [0.15, 0.2) is 0 Å². The third kappa shape index (κ3) is 5.67. The second-order valence-corrected chi connectivity index (χ2v) is 8.95. The molecule has 1 fully saturated rings. The van der Waals surface area contributed by atoms with Crippen molar-refractivity contribution >= 4 is 69.8 Å². The van der Waals surface area contributed by atoms with E-state index in [2.05, 4.69) is 20.5 Å². The van der Waals surface area contributed by atoms with Crippen molar-refractivity contribution in [2.75, 3.05) is 11.1 Å². The smallest absolute Gasteiger partial charge is 0.234 e. The molecule has 1 aliphatic rings. The van der Waals surface area contributed by atoms with E-state index >= 15 is 0 Å². The Morgan fingerprint density at radius 2 is 1.85 bits per heavy atom. The fourth-order valence-corrected chi connectivity index (χ4v) is 4.60. The van der Waals surface area contributed by atoms with Crippen LogP contribution >= 0.6 is 58.2 Å². The highest BCUT2D eigenvalue weighted by Gasteiger charge is 2.18. The Balaban J connectivity index is 1.51. The first-order chi connectivity index (χ1) is 12.9. The van der Waals surface area contributed by atoms with Crippen LogP contribution in [0.15, 0.2) is 11.2 Å². The minimum atomic E-state index is -0.306. The van der Waals surface area contributed by atoms with Crippen molar-refractivity contribution in [2.45, 2.75) is 43.7 Å². The first-order valence-electron chi connectivity index (χ1n) is 8.61. The SMILES string of the molecule is O=C(CSc1n[nH]c(CCC2CCCC2)n1)Nc1c(Cl)c(Cl)cc(Cl)c1Cl. The monoisotopic (exact) mass is 466 g/mol. The predicted octanol–water partition coefficient (Wildman–Crippen LogP) is 6.27. The van der Waals surface area contributed by atoms with E-state index in [1.165, 1.54) is 43.5 Å². The average Bonchev–Trinajstić information content (AvgIpc) is 3.31. The first-order valence-corrected chi connectivity index (χ1v) is 11.1. The van der Waals surface area contributed by atoms with E-state index in [0.29, 0.717) is 5.16 Å². The molecule has 2 aromatic rings. The number of carbonyl (C=O) groups excluding carboxylic acids is 1. The molecule has 1 amide bonds. The molecule has 1 aliphatic carbocycles. The van der Waals surface area contributed by atoms with Crippen LogP contribution in [0, 0.1) is 5.92 Å². The van der Waals surface area contributed by atoms with Crippen molar-refractivity contribution in [3.05, 3.63) is 32.0 Å². The second kappa shape index (κ2) is 9.70. The van der Waals surface area contributed by atoms with Gasteiger partial charge in [-0.15, -0.1) is 5.10 Å². The van der Waals surface area contributed by atoms with Crippen molar-refractivity contribution in [1.29, 1.82) is 0 Å². The summed E-state index contributed by atoms with van der Waals surface area (Å²) in [4.78, 5) is 16.7. The van der Waals surface area contributed by atoms with Crippen molar-refractivity contribution in [2.24, 2.45) is 5.92 Å². The second-order valence-electron chi connectivity index (χ2n) is 6.43. The van der Waals surface area contributed by atoms with Crippen LogP contribution in [0.2, 0.25) is 20.1 Å². The molecule has 0 spiro atoms. The Labute approximate surface area is 181 Å². The molecule has 0 bridgehead atoms. The summed E-state index contributed by atoms with van der Waals surface area (Å²) < 4.78 is 0. The number of aromatic amines is 1. The fourth-order valence-electron chi connectivity index (χ4n) is 3.08. The number of amides is 1. The molecule has 2 N–H and O–H groups in total. The van der Waals surface area contributed by atoms with Gasteiger partial charge in [0.2, 0.25) is 11.1 Å². The van der Waals surface area contributed by atoms with E-state index in [4.69, 9.17) is 46.4 Å². The van der Waals surface area contributed by atoms with Crippen LogP contribution in [0.25, 0.3) is 0 Å². The van der Waals surface area contributed by atoms with Gasteiger partial charge in [0, 0.05) is 6.42 Å². The number of hydrogen-bond acceptors (Lipinski definition) is 4. The van der Waals surface area contributed by atoms with Crippen LogP contribution in [0.5, 0.6) is 0 Å². The molecule has 5 nitrogen and oxygen atoms in total. The van der Waals surface area contributed by atoms with E-state index in [1.807, 2.05) is 0 Å². The number of carbonyl (C=O) groups is 1. The molecular formula is C17H18Cl4N4OS. The highest BCUT2D eigenvalue weighted by molar-refractivity contribution is 7.99. The van der Waals surface area contributed by atoms with Gasteiger partial charge in [-0.05, 0) is 18.4 Å². The Morgan fingerprint density at radius 1 is 1.19 bits per heavy atom. The van der Waals surface area contributed by atoms with Crippen LogP contribution in [-0.2, 0) is 11.2 Å². The Morgan fingerprint density at radius 3 is 2.52 bits per heavy atom. The summed E-state index contributed by atoms with van der Waals surface area (Å²) in [5.74, 6) is 1.46. The van der Waals surface area contributed by atoms with E-state index in [0.717, 1.165) is 24.6 Å². The van der Waals surface area contributed by atoms with Gasteiger partial charge in [0.25, 0.3) is 0 Å². The summed E-state index contributed by atoms with van der Waals surface area (Å²) in [6, 6.07) is 1.43. The summed E-state index contributed by atoms with van der Waals surface area (Å²) in [6.07, 6.45) is 7.32. The molecular weight excluding hydrogens is 450 g/mol. The largest absolute Gasteiger partial charge is 0.323 e. The summed E-state index contributed by atoms with van der Waals surface area (Å²) in [7, 11) is 0. The number of hydrogen-bond donors (Lipinski definition) is 2. The molecule has 1 heterocycles. The van der Waals surface area contributed by atoms with Gasteiger partial charge in [0.05, 0.1) is 31.5 Å². The standard InChI is InChI=1S/C17H18Cl4N4OS/c18-10-7-11(19)15(21)16(14(10)20)23-13(26)8-27-17-22-12(24-25-17)6-5-9-3-1-2-4-9/h7,9H,1-6,8H2,(H,23,26)(H,22,24,25). The summed E-state index contributed by atoms with van der Waals surface area (Å²) in [5.41, 5.74) is 0.202. The van der Waals surface area contributed by atoms with Crippen LogP contribution in [0.1, 0.15) is 37.9 Å². The average molecular weight is 468 g/mol. The van der Waals surface area contributed by atoms with E-state index in [1.54, 1.807) is 0 Å². The maximum atomic E-state index is 12.2. The van der Waals surface area contributed by atoms with Gasteiger partial charge >= 0.3 is 0 Å². The Hall–Kier alpha value is -0.660. The molecule has 0 unspecified atom stereocenters. The Kier molecular flexibility index (Phi) is 7.57. The fraction of sp³-hybridized carbons (Fsp3) is 0.471. The maximum Gasteiger partial charge on any atom is 0.234 e. The number of halogens is 4. The lowest BCUT2D eigenvalue weighted by Crippen LogP contribution is -2.15. The molecule has 10 heteroatoms. The lowest BCUT2D eigenvalue weighted by molar-refractivity contribution is -0.113. The minimum absolute atomic E-state index is 0.108. The summed E-state index contributed by atoms with van der Waals surface area (Å²) in [6.45, 7) is 0. The maximum absolute atomic E-state index is 12.2. The quantitative estimate of drug-likeness (QED) is 0.371. The number of thioether (sulfide) groups is 1. The normalized spacial score (nSPS) is 14.7.